The van der Waals surface area contributed by atoms with Crippen molar-refractivity contribution in [1.82, 2.24) is 5.32 Å². The molecule has 4 heteroatoms. The van der Waals surface area contributed by atoms with Gasteiger partial charge < -0.3 is 14.8 Å². The molecule has 1 aromatic carbocycles. The SMILES string of the molecule is COc1ccccc1CNCCOC(=O)C1CCC1. The number of carbonyl (C=O) groups excluding carboxylic acids is 1. The zero-order chi connectivity index (χ0) is 13.5. The van der Waals surface area contributed by atoms with Gasteiger partial charge in [0, 0.05) is 18.7 Å². The van der Waals surface area contributed by atoms with Crippen LogP contribution in [0, 0.1) is 5.92 Å². The van der Waals surface area contributed by atoms with Crippen LogP contribution in [0.4, 0.5) is 0 Å². The van der Waals surface area contributed by atoms with E-state index < -0.39 is 0 Å². The quantitative estimate of drug-likeness (QED) is 0.605. The van der Waals surface area contributed by atoms with Gasteiger partial charge in [-0.3, -0.25) is 4.79 Å². The summed E-state index contributed by atoms with van der Waals surface area (Å²) in [6.45, 7) is 1.81. The van der Waals surface area contributed by atoms with Gasteiger partial charge in [0.1, 0.15) is 12.4 Å². The maximum atomic E-state index is 11.5. The van der Waals surface area contributed by atoms with Gasteiger partial charge in [0.05, 0.1) is 13.0 Å². The number of rotatable bonds is 7. The molecule has 0 bridgehead atoms. The Morgan fingerprint density at radius 3 is 2.84 bits per heavy atom. The van der Waals surface area contributed by atoms with Crippen molar-refractivity contribution >= 4 is 5.97 Å². The summed E-state index contributed by atoms with van der Waals surface area (Å²) in [7, 11) is 1.67. The molecule has 0 heterocycles. The molecule has 1 saturated carbocycles. The van der Waals surface area contributed by atoms with E-state index in [0.717, 1.165) is 30.6 Å². The van der Waals surface area contributed by atoms with Crippen LogP contribution in [0.3, 0.4) is 0 Å². The van der Waals surface area contributed by atoms with Crippen LogP contribution in [0.15, 0.2) is 24.3 Å². The third-order valence-corrected chi connectivity index (χ3v) is 3.47. The lowest BCUT2D eigenvalue weighted by molar-refractivity contribution is -0.151. The van der Waals surface area contributed by atoms with E-state index in [4.69, 9.17) is 9.47 Å². The number of esters is 1. The fraction of sp³-hybridized carbons (Fsp3) is 0.533. The minimum atomic E-state index is -0.0367. The average Bonchev–Trinajstić information content (AvgIpc) is 2.36. The molecule has 0 atom stereocenters. The Hall–Kier alpha value is -1.55. The highest BCUT2D eigenvalue weighted by Crippen LogP contribution is 2.27. The molecule has 0 aliphatic heterocycles. The number of para-hydroxylation sites is 1. The first kappa shape index (κ1) is 13.9. The molecule has 104 valence electrons. The topological polar surface area (TPSA) is 47.6 Å². The lowest BCUT2D eigenvalue weighted by Crippen LogP contribution is -2.27. The molecule has 0 radical (unpaired) electrons. The van der Waals surface area contributed by atoms with E-state index in [1.54, 1.807) is 7.11 Å². The predicted octanol–water partition coefficient (Wildman–Crippen LogP) is 2.13. The summed E-state index contributed by atoms with van der Waals surface area (Å²) in [6, 6.07) is 7.89. The fourth-order valence-electron chi connectivity index (χ4n) is 2.06. The minimum absolute atomic E-state index is 0.0367. The molecule has 4 nitrogen and oxygen atoms in total. The van der Waals surface area contributed by atoms with E-state index in [0.29, 0.717) is 19.7 Å². The van der Waals surface area contributed by atoms with Gasteiger partial charge in [-0.25, -0.2) is 0 Å². The molecule has 1 N–H and O–H groups in total. The van der Waals surface area contributed by atoms with Crippen LogP contribution in [0.2, 0.25) is 0 Å². The van der Waals surface area contributed by atoms with Gasteiger partial charge in [-0.2, -0.15) is 0 Å². The number of hydrogen-bond donors (Lipinski definition) is 1. The van der Waals surface area contributed by atoms with E-state index >= 15 is 0 Å². The molecule has 0 aromatic heterocycles. The van der Waals surface area contributed by atoms with Gasteiger partial charge >= 0.3 is 5.97 Å². The van der Waals surface area contributed by atoms with E-state index in [9.17, 15) is 4.79 Å². The zero-order valence-electron chi connectivity index (χ0n) is 11.4. The number of benzene rings is 1. The van der Waals surface area contributed by atoms with E-state index in [2.05, 4.69) is 5.32 Å². The van der Waals surface area contributed by atoms with Crippen molar-refractivity contribution in [3.8, 4) is 5.75 Å². The number of methoxy groups -OCH3 is 1. The number of carbonyl (C=O) groups is 1. The first-order chi connectivity index (χ1) is 9.31. The fourth-order valence-corrected chi connectivity index (χ4v) is 2.06. The second-order valence-electron chi connectivity index (χ2n) is 4.78. The summed E-state index contributed by atoms with van der Waals surface area (Å²) in [5, 5.41) is 3.25. The van der Waals surface area contributed by atoms with Gasteiger partial charge in [-0.15, -0.1) is 0 Å². The third kappa shape index (κ3) is 3.96. The molecular weight excluding hydrogens is 242 g/mol. The highest BCUT2D eigenvalue weighted by molar-refractivity contribution is 5.73. The molecule has 0 spiro atoms. The summed E-state index contributed by atoms with van der Waals surface area (Å²) in [6.07, 6.45) is 3.15. The van der Waals surface area contributed by atoms with Crippen LogP contribution < -0.4 is 10.1 Å². The summed E-state index contributed by atoms with van der Waals surface area (Å²) < 4.78 is 10.5. The van der Waals surface area contributed by atoms with Gasteiger partial charge in [-0.05, 0) is 18.9 Å². The molecule has 0 amide bonds. The Kier molecular flexibility index (Phi) is 5.21. The van der Waals surface area contributed by atoms with E-state index in [1.807, 2.05) is 24.3 Å². The lowest BCUT2D eigenvalue weighted by atomic mass is 9.86. The second-order valence-corrected chi connectivity index (χ2v) is 4.78. The van der Waals surface area contributed by atoms with Crippen LogP contribution >= 0.6 is 0 Å². The third-order valence-electron chi connectivity index (χ3n) is 3.47. The maximum absolute atomic E-state index is 11.5. The predicted molar refractivity (Wildman–Crippen MR) is 73.0 cm³/mol. The Balaban J connectivity index is 1.62. The molecule has 1 aromatic rings. The van der Waals surface area contributed by atoms with Gasteiger partial charge in [-0.1, -0.05) is 24.6 Å². The van der Waals surface area contributed by atoms with Crippen molar-refractivity contribution in [3.05, 3.63) is 29.8 Å². The van der Waals surface area contributed by atoms with Crippen LogP contribution in [0.1, 0.15) is 24.8 Å². The summed E-state index contributed by atoms with van der Waals surface area (Å²) >= 11 is 0. The maximum Gasteiger partial charge on any atom is 0.308 e. The van der Waals surface area contributed by atoms with Crippen molar-refractivity contribution in [3.63, 3.8) is 0 Å². The molecule has 0 saturated heterocycles. The molecule has 0 unspecified atom stereocenters. The van der Waals surface area contributed by atoms with Crippen molar-refractivity contribution in [2.75, 3.05) is 20.3 Å². The van der Waals surface area contributed by atoms with Crippen molar-refractivity contribution in [2.24, 2.45) is 5.92 Å². The Bertz CT molecular complexity index is 416. The molecule has 2 rings (SSSR count). The van der Waals surface area contributed by atoms with Gasteiger partial charge in [0.15, 0.2) is 0 Å². The smallest absolute Gasteiger partial charge is 0.308 e. The number of nitrogens with one attached hydrogen (secondary N) is 1. The summed E-state index contributed by atoms with van der Waals surface area (Å²) in [4.78, 5) is 11.5. The Morgan fingerprint density at radius 2 is 2.16 bits per heavy atom. The zero-order valence-corrected chi connectivity index (χ0v) is 11.4. The summed E-state index contributed by atoms with van der Waals surface area (Å²) in [5.41, 5.74) is 1.11. The first-order valence-corrected chi connectivity index (χ1v) is 6.80. The highest BCUT2D eigenvalue weighted by Gasteiger charge is 2.26. The van der Waals surface area contributed by atoms with Crippen LogP contribution in [0.25, 0.3) is 0 Å². The number of ether oxygens (including phenoxy) is 2. The largest absolute Gasteiger partial charge is 0.496 e. The Morgan fingerprint density at radius 1 is 1.37 bits per heavy atom. The van der Waals surface area contributed by atoms with Crippen LogP contribution in [-0.4, -0.2) is 26.2 Å². The highest BCUT2D eigenvalue weighted by atomic mass is 16.5. The molecule has 19 heavy (non-hydrogen) atoms. The normalized spacial score (nSPS) is 14.8. The monoisotopic (exact) mass is 263 g/mol. The van der Waals surface area contributed by atoms with Gasteiger partial charge in [0.25, 0.3) is 0 Å². The molecule has 1 aliphatic carbocycles. The van der Waals surface area contributed by atoms with Crippen molar-refractivity contribution < 1.29 is 14.3 Å². The minimum Gasteiger partial charge on any atom is -0.496 e. The molecule has 1 aliphatic rings. The standard InChI is InChI=1S/C15H21NO3/c1-18-14-8-3-2-5-13(14)11-16-9-10-19-15(17)12-6-4-7-12/h2-3,5,8,12,16H,4,6-7,9-11H2,1H3. The second kappa shape index (κ2) is 7.14. The van der Waals surface area contributed by atoms with Gasteiger partial charge in [0.2, 0.25) is 0 Å². The van der Waals surface area contributed by atoms with Crippen LogP contribution in [-0.2, 0) is 16.1 Å². The lowest BCUT2D eigenvalue weighted by Gasteiger charge is -2.23. The van der Waals surface area contributed by atoms with Crippen molar-refractivity contribution in [2.45, 2.75) is 25.8 Å². The summed E-state index contributed by atoms with van der Waals surface area (Å²) in [5.74, 6) is 1.00. The van der Waals surface area contributed by atoms with E-state index in [-0.39, 0.29) is 11.9 Å². The number of hydrogen-bond acceptors (Lipinski definition) is 4. The van der Waals surface area contributed by atoms with Crippen LogP contribution in [0.5, 0.6) is 5.75 Å². The molecule has 1 fully saturated rings. The average molecular weight is 263 g/mol. The Labute approximate surface area is 114 Å². The van der Waals surface area contributed by atoms with E-state index in [1.165, 1.54) is 0 Å². The first-order valence-electron chi connectivity index (χ1n) is 6.80. The van der Waals surface area contributed by atoms with Crippen molar-refractivity contribution in [1.29, 1.82) is 0 Å². The molecular formula is C15H21NO3.